The van der Waals surface area contributed by atoms with Crippen molar-refractivity contribution in [2.75, 3.05) is 33.4 Å². The Balaban J connectivity index is 1.44. The van der Waals surface area contributed by atoms with Gasteiger partial charge in [-0.1, -0.05) is 12.1 Å². The van der Waals surface area contributed by atoms with E-state index in [1.807, 2.05) is 35.8 Å². The first-order valence-electron chi connectivity index (χ1n) is 11.4. The fourth-order valence-electron chi connectivity index (χ4n) is 4.06. The number of fused-ring (bicyclic) bond motifs is 1. The van der Waals surface area contributed by atoms with Gasteiger partial charge in [-0.3, -0.25) is 4.79 Å². The van der Waals surface area contributed by atoms with Crippen molar-refractivity contribution in [3.05, 3.63) is 53.9 Å². The van der Waals surface area contributed by atoms with E-state index in [1.54, 1.807) is 25.3 Å². The van der Waals surface area contributed by atoms with E-state index in [1.165, 1.54) is 4.31 Å². The van der Waals surface area contributed by atoms with Crippen LogP contribution < -0.4 is 10.1 Å². The predicted molar refractivity (Wildman–Crippen MR) is 128 cm³/mol. The summed E-state index contributed by atoms with van der Waals surface area (Å²) in [4.78, 5) is 17.3. The summed E-state index contributed by atoms with van der Waals surface area (Å²) in [6.45, 7) is 4.62. The zero-order valence-corrected chi connectivity index (χ0v) is 20.3. The topological polar surface area (TPSA) is 103 Å². The molecule has 4 rings (SSSR count). The van der Waals surface area contributed by atoms with Gasteiger partial charge in [0.2, 0.25) is 15.9 Å². The van der Waals surface area contributed by atoms with Crippen molar-refractivity contribution in [1.29, 1.82) is 0 Å². The van der Waals surface area contributed by atoms with Gasteiger partial charge in [-0.25, -0.2) is 13.4 Å². The maximum absolute atomic E-state index is 13.0. The number of methoxy groups -OCH3 is 1. The molecule has 1 N–H and O–H groups in total. The molecule has 0 saturated carbocycles. The Morgan fingerprint density at radius 3 is 2.56 bits per heavy atom. The number of morpholine rings is 1. The van der Waals surface area contributed by atoms with Crippen molar-refractivity contribution < 1.29 is 22.7 Å². The van der Waals surface area contributed by atoms with Gasteiger partial charge in [0.05, 0.1) is 36.3 Å². The summed E-state index contributed by atoms with van der Waals surface area (Å²) in [5, 5.41) is 2.93. The molecule has 2 heterocycles. The van der Waals surface area contributed by atoms with Crippen molar-refractivity contribution in [3.63, 3.8) is 0 Å². The molecular formula is C24H30N4O5S. The third-order valence-corrected chi connectivity index (χ3v) is 7.84. The lowest BCUT2D eigenvalue weighted by Gasteiger charge is -2.26. The minimum absolute atomic E-state index is 0.0684. The number of aryl methyl sites for hydroxylation is 2. The first-order chi connectivity index (χ1) is 16.4. The molecule has 1 aliphatic heterocycles. The predicted octanol–water partition coefficient (Wildman–Crippen LogP) is 2.33. The molecule has 9 nitrogen and oxygen atoms in total. The first-order valence-corrected chi connectivity index (χ1v) is 12.8. The highest BCUT2D eigenvalue weighted by Crippen LogP contribution is 2.24. The maximum atomic E-state index is 13.0. The summed E-state index contributed by atoms with van der Waals surface area (Å²) >= 11 is 0. The number of carbonyl (C=O) groups excluding carboxylic acids is 1. The average Bonchev–Trinajstić information content (AvgIpc) is 3.23. The molecule has 10 heteroatoms. The van der Waals surface area contributed by atoms with E-state index in [0.717, 1.165) is 22.7 Å². The SMILES string of the molecule is CCn1c(CCC(=O)NCc2ccc(OC)cc2)nc2cc(S(=O)(=O)N3CCOCC3)ccc21. The fourth-order valence-corrected chi connectivity index (χ4v) is 5.49. The quantitative estimate of drug-likeness (QED) is 0.498. The third kappa shape index (κ3) is 5.24. The Kier molecular flexibility index (Phi) is 7.50. The van der Waals surface area contributed by atoms with Crippen molar-refractivity contribution in [2.24, 2.45) is 0 Å². The molecule has 0 atom stereocenters. The van der Waals surface area contributed by atoms with Crippen molar-refractivity contribution in [2.45, 2.75) is 37.8 Å². The highest BCUT2D eigenvalue weighted by molar-refractivity contribution is 7.89. The Labute approximate surface area is 199 Å². The number of sulfonamides is 1. The molecule has 3 aromatic rings. The van der Waals surface area contributed by atoms with Crippen LogP contribution in [0.4, 0.5) is 0 Å². The highest BCUT2D eigenvalue weighted by atomic mass is 32.2. The second-order valence-electron chi connectivity index (χ2n) is 8.06. The second kappa shape index (κ2) is 10.5. The molecule has 34 heavy (non-hydrogen) atoms. The van der Waals surface area contributed by atoms with Crippen LogP contribution in [0.15, 0.2) is 47.4 Å². The van der Waals surface area contributed by atoms with Crippen molar-refractivity contribution >= 4 is 27.0 Å². The molecule has 0 bridgehead atoms. The Bertz CT molecular complexity index is 1250. The van der Waals surface area contributed by atoms with E-state index in [9.17, 15) is 13.2 Å². The Hall–Kier alpha value is -2.95. The number of carbonyl (C=O) groups is 1. The van der Waals surface area contributed by atoms with Crippen LogP contribution in [0.1, 0.15) is 24.7 Å². The summed E-state index contributed by atoms with van der Waals surface area (Å²) in [5.74, 6) is 1.47. The number of amides is 1. The standard InChI is InChI=1S/C24H30N4O5S/c1-3-28-22-9-8-20(34(30,31)27-12-14-33-15-13-27)16-21(22)26-23(28)10-11-24(29)25-17-18-4-6-19(32-2)7-5-18/h4-9,16H,3,10-15,17H2,1-2H3,(H,25,29). The van der Waals surface area contributed by atoms with Gasteiger partial charge in [0.15, 0.2) is 0 Å². The van der Waals surface area contributed by atoms with Gasteiger partial charge < -0.3 is 19.4 Å². The third-order valence-electron chi connectivity index (χ3n) is 5.95. The van der Waals surface area contributed by atoms with E-state index in [-0.39, 0.29) is 10.8 Å². The fraction of sp³-hybridized carbons (Fsp3) is 0.417. The van der Waals surface area contributed by atoms with Crippen LogP contribution in [0.25, 0.3) is 11.0 Å². The lowest BCUT2D eigenvalue weighted by atomic mass is 10.2. The Morgan fingerprint density at radius 1 is 1.15 bits per heavy atom. The molecule has 0 unspecified atom stereocenters. The van der Waals surface area contributed by atoms with Crippen LogP contribution >= 0.6 is 0 Å². The summed E-state index contributed by atoms with van der Waals surface area (Å²) in [5.41, 5.74) is 2.46. The number of aromatic nitrogens is 2. The monoisotopic (exact) mass is 486 g/mol. The van der Waals surface area contributed by atoms with E-state index < -0.39 is 10.0 Å². The summed E-state index contributed by atoms with van der Waals surface area (Å²) in [6, 6.07) is 12.6. The van der Waals surface area contributed by atoms with Crippen LogP contribution in [0.3, 0.4) is 0 Å². The summed E-state index contributed by atoms with van der Waals surface area (Å²) in [7, 11) is -1.98. The first kappa shape index (κ1) is 24.2. The number of nitrogens with one attached hydrogen (secondary N) is 1. The number of rotatable bonds is 9. The van der Waals surface area contributed by atoms with Gasteiger partial charge in [0.25, 0.3) is 0 Å². The molecular weight excluding hydrogens is 456 g/mol. The molecule has 1 aromatic heterocycles. The smallest absolute Gasteiger partial charge is 0.243 e. The minimum Gasteiger partial charge on any atom is -0.497 e. The van der Waals surface area contributed by atoms with Gasteiger partial charge in [0.1, 0.15) is 11.6 Å². The number of nitrogens with zero attached hydrogens (tertiary/aromatic N) is 3. The van der Waals surface area contributed by atoms with Crippen LogP contribution in [0, 0.1) is 0 Å². The lowest BCUT2D eigenvalue weighted by molar-refractivity contribution is -0.121. The molecule has 1 saturated heterocycles. The molecule has 182 valence electrons. The molecule has 2 aromatic carbocycles. The van der Waals surface area contributed by atoms with Gasteiger partial charge in [0, 0.05) is 39.0 Å². The normalized spacial score (nSPS) is 14.9. The average molecular weight is 487 g/mol. The minimum atomic E-state index is -3.60. The maximum Gasteiger partial charge on any atom is 0.243 e. The number of ether oxygens (including phenoxy) is 2. The van der Waals surface area contributed by atoms with E-state index >= 15 is 0 Å². The lowest BCUT2D eigenvalue weighted by Crippen LogP contribution is -2.40. The van der Waals surface area contributed by atoms with E-state index in [2.05, 4.69) is 10.3 Å². The molecule has 0 radical (unpaired) electrons. The molecule has 0 spiro atoms. The van der Waals surface area contributed by atoms with Crippen molar-refractivity contribution in [3.8, 4) is 5.75 Å². The molecule has 1 fully saturated rings. The van der Waals surface area contributed by atoms with E-state index in [4.69, 9.17) is 9.47 Å². The number of hydrogen-bond donors (Lipinski definition) is 1. The van der Waals surface area contributed by atoms with Gasteiger partial charge >= 0.3 is 0 Å². The van der Waals surface area contributed by atoms with Gasteiger partial charge in [-0.2, -0.15) is 4.31 Å². The van der Waals surface area contributed by atoms with Crippen LogP contribution in [0.5, 0.6) is 5.75 Å². The number of hydrogen-bond acceptors (Lipinski definition) is 6. The van der Waals surface area contributed by atoms with Crippen LogP contribution in [-0.2, 0) is 39.1 Å². The highest BCUT2D eigenvalue weighted by Gasteiger charge is 2.27. The zero-order chi connectivity index (χ0) is 24.1. The van der Waals surface area contributed by atoms with Crippen LogP contribution in [-0.4, -0.2) is 61.6 Å². The molecule has 1 aliphatic rings. The zero-order valence-electron chi connectivity index (χ0n) is 19.5. The van der Waals surface area contributed by atoms with Gasteiger partial charge in [-0.05, 0) is 42.8 Å². The second-order valence-corrected chi connectivity index (χ2v) is 10.0. The Morgan fingerprint density at radius 2 is 1.88 bits per heavy atom. The largest absolute Gasteiger partial charge is 0.497 e. The summed E-state index contributed by atoms with van der Waals surface area (Å²) < 4.78 is 39.9. The summed E-state index contributed by atoms with van der Waals surface area (Å²) in [6.07, 6.45) is 0.751. The molecule has 0 aliphatic carbocycles. The van der Waals surface area contributed by atoms with E-state index in [0.29, 0.717) is 57.8 Å². The van der Waals surface area contributed by atoms with Gasteiger partial charge in [-0.15, -0.1) is 0 Å². The number of imidazole rings is 1. The molecule has 1 amide bonds. The number of benzene rings is 2. The van der Waals surface area contributed by atoms with Crippen molar-refractivity contribution in [1.82, 2.24) is 19.2 Å². The van der Waals surface area contributed by atoms with Crippen LogP contribution in [0.2, 0.25) is 0 Å².